The monoisotopic (exact) mass is 248 g/mol. The molecule has 0 fully saturated rings. The van der Waals surface area contributed by atoms with Crippen LogP contribution < -0.4 is 4.74 Å². The van der Waals surface area contributed by atoms with Crippen molar-refractivity contribution >= 4 is 23.7 Å². The van der Waals surface area contributed by atoms with Crippen molar-refractivity contribution in [3.8, 4) is 5.75 Å². The minimum absolute atomic E-state index is 0.0347. The summed E-state index contributed by atoms with van der Waals surface area (Å²) in [5.41, 5.74) is 0.0363. The Kier molecular flexibility index (Phi) is 3.95. The van der Waals surface area contributed by atoms with E-state index in [2.05, 4.69) is 4.74 Å². The smallest absolute Gasteiger partial charge is 0.387 e. The van der Waals surface area contributed by atoms with Crippen molar-refractivity contribution in [2.24, 2.45) is 0 Å². The summed E-state index contributed by atoms with van der Waals surface area (Å²) in [6.45, 7) is -1.80. The molecule has 0 radical (unpaired) electrons. The summed E-state index contributed by atoms with van der Waals surface area (Å²) >= 11 is 5.62. The number of benzene rings is 1. The Morgan fingerprint density at radius 2 is 2.12 bits per heavy atom. The van der Waals surface area contributed by atoms with Gasteiger partial charge in [0.05, 0.1) is 5.02 Å². The lowest BCUT2D eigenvalue weighted by atomic mass is 10.1. The Bertz CT molecular complexity index is 432. The fraction of sp³-hybridized carbons (Fsp3) is 0.200. The number of hydrogen-bond acceptors (Lipinski definition) is 3. The highest BCUT2D eigenvalue weighted by Gasteiger charge is 2.15. The van der Waals surface area contributed by atoms with Crippen LogP contribution in [0, 0.1) is 0 Å². The van der Waals surface area contributed by atoms with Gasteiger partial charge in [0.15, 0.2) is 12.1 Å². The summed E-state index contributed by atoms with van der Waals surface area (Å²) in [6, 6.07) is 2.14. The molecule has 0 saturated heterocycles. The van der Waals surface area contributed by atoms with Crippen LogP contribution in [0.2, 0.25) is 5.02 Å². The molecule has 0 bridgehead atoms. The quantitative estimate of drug-likeness (QED) is 0.608. The molecule has 0 aliphatic carbocycles. The molecule has 0 atom stereocenters. The van der Waals surface area contributed by atoms with Crippen molar-refractivity contribution in [3.63, 3.8) is 0 Å². The maximum absolute atomic E-state index is 12.0. The second kappa shape index (κ2) is 5.03. The van der Waals surface area contributed by atoms with Gasteiger partial charge in [0, 0.05) is 11.1 Å². The van der Waals surface area contributed by atoms with E-state index in [1.807, 2.05) is 0 Å². The minimum atomic E-state index is -3.04. The Morgan fingerprint density at radius 3 is 2.56 bits per heavy atom. The first-order chi connectivity index (χ1) is 7.45. The third-order valence-electron chi connectivity index (χ3n) is 1.83. The van der Waals surface area contributed by atoms with Gasteiger partial charge in [-0.15, -0.1) is 0 Å². The van der Waals surface area contributed by atoms with Crippen LogP contribution in [-0.2, 0) is 0 Å². The molecule has 0 aromatic heterocycles. The second-order valence-electron chi connectivity index (χ2n) is 2.92. The Balaban J connectivity index is 3.25. The molecule has 0 saturated carbocycles. The average Bonchev–Trinajstić information content (AvgIpc) is 2.19. The fourth-order valence-corrected chi connectivity index (χ4v) is 1.37. The largest absolute Gasteiger partial charge is 0.433 e. The van der Waals surface area contributed by atoms with Gasteiger partial charge in [-0.05, 0) is 19.1 Å². The number of rotatable bonds is 4. The normalized spacial score (nSPS) is 10.3. The van der Waals surface area contributed by atoms with Gasteiger partial charge in [-0.25, -0.2) is 0 Å². The van der Waals surface area contributed by atoms with E-state index >= 15 is 0 Å². The molecule has 16 heavy (non-hydrogen) atoms. The van der Waals surface area contributed by atoms with Crippen LogP contribution in [0.25, 0.3) is 0 Å². The number of halogens is 3. The van der Waals surface area contributed by atoms with Gasteiger partial charge in [-0.3, -0.25) is 9.59 Å². The Labute approximate surface area is 95.0 Å². The molecular formula is C10H7ClF2O3. The Hall–Kier alpha value is -1.49. The maximum Gasteiger partial charge on any atom is 0.387 e. The average molecular weight is 249 g/mol. The highest BCUT2D eigenvalue weighted by atomic mass is 35.5. The first-order valence-electron chi connectivity index (χ1n) is 4.20. The molecule has 0 aliphatic heterocycles. The van der Waals surface area contributed by atoms with Crippen LogP contribution >= 0.6 is 11.6 Å². The van der Waals surface area contributed by atoms with Gasteiger partial charge in [-0.1, -0.05) is 11.6 Å². The SMILES string of the molecule is CC(=O)c1cc(Cl)c(OC(F)F)cc1C=O. The standard InChI is InChI=1S/C10H7ClF2O3/c1-5(15)7-3-8(11)9(16-10(12)13)2-6(7)4-14/h2-4,10H,1H3. The number of ether oxygens (including phenoxy) is 1. The second-order valence-corrected chi connectivity index (χ2v) is 3.33. The summed E-state index contributed by atoms with van der Waals surface area (Å²) in [5.74, 6) is -0.712. The minimum Gasteiger partial charge on any atom is -0.433 e. The number of hydrogen-bond donors (Lipinski definition) is 0. The van der Waals surface area contributed by atoms with Crippen molar-refractivity contribution in [2.75, 3.05) is 0 Å². The van der Waals surface area contributed by atoms with E-state index in [4.69, 9.17) is 11.6 Å². The molecule has 1 aromatic carbocycles. The van der Waals surface area contributed by atoms with E-state index in [9.17, 15) is 18.4 Å². The van der Waals surface area contributed by atoms with Gasteiger partial charge in [-0.2, -0.15) is 8.78 Å². The van der Waals surface area contributed by atoms with Gasteiger partial charge >= 0.3 is 6.61 Å². The third kappa shape index (κ3) is 2.76. The van der Waals surface area contributed by atoms with Crippen molar-refractivity contribution < 1.29 is 23.1 Å². The molecule has 0 spiro atoms. The topological polar surface area (TPSA) is 43.4 Å². The zero-order valence-electron chi connectivity index (χ0n) is 8.17. The molecule has 6 heteroatoms. The van der Waals surface area contributed by atoms with Crippen LogP contribution in [0.4, 0.5) is 8.78 Å². The lowest BCUT2D eigenvalue weighted by Gasteiger charge is -2.09. The molecule has 86 valence electrons. The van der Waals surface area contributed by atoms with Gasteiger partial charge in [0.2, 0.25) is 0 Å². The zero-order valence-corrected chi connectivity index (χ0v) is 8.92. The van der Waals surface area contributed by atoms with E-state index in [0.717, 1.165) is 12.1 Å². The Morgan fingerprint density at radius 1 is 1.50 bits per heavy atom. The number of aldehydes is 1. The van der Waals surface area contributed by atoms with Gasteiger partial charge in [0.1, 0.15) is 5.75 Å². The van der Waals surface area contributed by atoms with Gasteiger partial charge in [0.25, 0.3) is 0 Å². The summed E-state index contributed by atoms with van der Waals surface area (Å²) in [4.78, 5) is 21.7. The van der Waals surface area contributed by atoms with Crippen molar-refractivity contribution in [1.82, 2.24) is 0 Å². The van der Waals surface area contributed by atoms with Crippen molar-refractivity contribution in [1.29, 1.82) is 0 Å². The predicted molar refractivity (Wildman–Crippen MR) is 53.5 cm³/mol. The first-order valence-corrected chi connectivity index (χ1v) is 4.58. The molecule has 1 aromatic rings. The number of ketones is 1. The van der Waals surface area contributed by atoms with Crippen LogP contribution in [0.5, 0.6) is 5.75 Å². The van der Waals surface area contributed by atoms with Crippen molar-refractivity contribution in [3.05, 3.63) is 28.3 Å². The molecule has 0 unspecified atom stereocenters. The molecule has 0 amide bonds. The molecule has 1 rings (SSSR count). The molecule has 0 heterocycles. The van der Waals surface area contributed by atoms with E-state index in [-0.39, 0.29) is 27.7 Å². The van der Waals surface area contributed by atoms with E-state index < -0.39 is 6.61 Å². The lowest BCUT2D eigenvalue weighted by molar-refractivity contribution is -0.0498. The lowest BCUT2D eigenvalue weighted by Crippen LogP contribution is -2.05. The maximum atomic E-state index is 12.0. The predicted octanol–water partition coefficient (Wildman–Crippen LogP) is 2.96. The van der Waals surface area contributed by atoms with Crippen LogP contribution in [-0.4, -0.2) is 18.7 Å². The van der Waals surface area contributed by atoms with E-state index in [0.29, 0.717) is 6.29 Å². The number of carbonyl (C=O) groups is 2. The molecule has 0 N–H and O–H groups in total. The highest BCUT2D eigenvalue weighted by Crippen LogP contribution is 2.29. The van der Waals surface area contributed by atoms with Crippen LogP contribution in [0.3, 0.4) is 0 Å². The molecular weight excluding hydrogens is 242 g/mol. The zero-order chi connectivity index (χ0) is 12.3. The third-order valence-corrected chi connectivity index (χ3v) is 2.12. The van der Waals surface area contributed by atoms with Crippen LogP contribution in [0.1, 0.15) is 27.6 Å². The summed E-state index contributed by atoms with van der Waals surface area (Å²) in [5, 5.41) is -0.142. The van der Waals surface area contributed by atoms with Crippen molar-refractivity contribution in [2.45, 2.75) is 13.5 Å². The number of carbonyl (C=O) groups excluding carboxylic acids is 2. The number of alkyl halides is 2. The van der Waals surface area contributed by atoms with Crippen LogP contribution in [0.15, 0.2) is 12.1 Å². The highest BCUT2D eigenvalue weighted by molar-refractivity contribution is 6.32. The number of Topliss-reactive ketones (excluding diaryl/α,β-unsaturated/α-hetero) is 1. The summed E-state index contributed by atoms with van der Waals surface area (Å²) in [6.07, 6.45) is 0.380. The van der Waals surface area contributed by atoms with Gasteiger partial charge < -0.3 is 4.74 Å². The molecule has 0 aliphatic rings. The summed E-state index contributed by atoms with van der Waals surface area (Å²) < 4.78 is 28.0. The fourth-order valence-electron chi connectivity index (χ4n) is 1.16. The first kappa shape index (κ1) is 12.6. The summed E-state index contributed by atoms with van der Waals surface area (Å²) in [7, 11) is 0. The van der Waals surface area contributed by atoms with E-state index in [1.165, 1.54) is 6.92 Å². The molecule has 3 nitrogen and oxygen atoms in total. The van der Waals surface area contributed by atoms with E-state index in [1.54, 1.807) is 0 Å².